The van der Waals surface area contributed by atoms with Gasteiger partial charge in [0.1, 0.15) is 6.04 Å². The Labute approximate surface area is 258 Å². The molecule has 1 fully saturated rings. The monoisotopic (exact) mass is 608 g/mol. The van der Waals surface area contributed by atoms with Gasteiger partial charge in [-0.3, -0.25) is 4.79 Å². The lowest BCUT2D eigenvalue weighted by Gasteiger charge is -2.21. The van der Waals surface area contributed by atoms with Crippen molar-refractivity contribution in [3.05, 3.63) is 121 Å². The predicted octanol–water partition coefficient (Wildman–Crippen LogP) is 7.05. The summed E-state index contributed by atoms with van der Waals surface area (Å²) < 4.78 is 36.4. The Morgan fingerprint density at radius 3 is 2.23 bits per heavy atom. The molecule has 2 atom stereocenters. The van der Waals surface area contributed by atoms with Crippen LogP contribution < -0.4 is 0 Å². The van der Waals surface area contributed by atoms with Crippen LogP contribution in [0.2, 0.25) is 0 Å². The van der Waals surface area contributed by atoms with E-state index in [2.05, 4.69) is 60.1 Å². The number of ether oxygens (including phenoxy) is 1. The first-order valence-corrected chi connectivity index (χ1v) is 16.5. The van der Waals surface area contributed by atoms with E-state index in [0.717, 1.165) is 45.8 Å². The summed E-state index contributed by atoms with van der Waals surface area (Å²) >= 11 is 0. The standard InChI is InChI=1S/C36H36N2O5S/c1-2-3-11-32-33(24-37-21-8-7-12-34(32)37)29-15-13-27(14-16-29)28-17-19-31(20-18-28)44(41,42)38-23-30(22-35(38)36(39)40)43-25-26-9-5-4-6-10-26/h4-10,12-21,24,30,35H,2-3,11,22-23,25H2,1H3,(H,39,40). The third-order valence-corrected chi connectivity index (χ3v) is 10.3. The van der Waals surface area contributed by atoms with Crippen LogP contribution in [-0.4, -0.2) is 46.9 Å². The Morgan fingerprint density at radius 1 is 0.886 bits per heavy atom. The van der Waals surface area contributed by atoms with E-state index >= 15 is 0 Å². The number of aromatic nitrogens is 1. The second-order valence-corrected chi connectivity index (χ2v) is 13.2. The number of fused-ring (bicyclic) bond motifs is 1. The second kappa shape index (κ2) is 12.8. The van der Waals surface area contributed by atoms with Crippen molar-refractivity contribution in [1.82, 2.24) is 8.71 Å². The summed E-state index contributed by atoms with van der Waals surface area (Å²) in [5.74, 6) is -1.18. The molecule has 6 rings (SSSR count). The summed E-state index contributed by atoms with van der Waals surface area (Å²) in [5, 5.41) is 9.83. The number of hydrogen-bond donors (Lipinski definition) is 1. The van der Waals surface area contributed by atoms with Crippen LogP contribution in [0.1, 0.15) is 37.3 Å². The number of carboxylic acid groups (broad SMARTS) is 1. The Kier molecular flexibility index (Phi) is 8.66. The maximum atomic E-state index is 13.6. The molecule has 3 aromatic carbocycles. The van der Waals surface area contributed by atoms with Gasteiger partial charge in [0.2, 0.25) is 10.0 Å². The fraction of sp³-hybridized carbons (Fsp3) is 0.250. The molecule has 8 heteroatoms. The molecule has 0 radical (unpaired) electrons. The fourth-order valence-electron chi connectivity index (χ4n) is 6.01. The minimum atomic E-state index is -4.05. The topological polar surface area (TPSA) is 88.3 Å². The number of nitrogens with zero attached hydrogens (tertiary/aromatic N) is 2. The van der Waals surface area contributed by atoms with Crippen LogP contribution >= 0.6 is 0 Å². The number of rotatable bonds is 11. The van der Waals surface area contributed by atoms with Crippen molar-refractivity contribution in [3.63, 3.8) is 0 Å². The Bertz CT molecular complexity index is 1850. The summed E-state index contributed by atoms with van der Waals surface area (Å²) in [4.78, 5) is 12.1. The molecule has 2 aromatic heterocycles. The number of carbonyl (C=O) groups is 1. The lowest BCUT2D eigenvalue weighted by Crippen LogP contribution is -2.40. The van der Waals surface area contributed by atoms with E-state index in [9.17, 15) is 18.3 Å². The minimum Gasteiger partial charge on any atom is -0.480 e. The van der Waals surface area contributed by atoms with Crippen molar-refractivity contribution in [2.75, 3.05) is 6.54 Å². The highest BCUT2D eigenvalue weighted by Crippen LogP contribution is 2.33. The van der Waals surface area contributed by atoms with Gasteiger partial charge in [0.25, 0.3) is 0 Å². The number of benzene rings is 3. The summed E-state index contributed by atoms with van der Waals surface area (Å²) in [5.41, 5.74) is 7.74. The average Bonchev–Trinajstić information content (AvgIpc) is 3.66. The third kappa shape index (κ3) is 6.06. The van der Waals surface area contributed by atoms with Crippen molar-refractivity contribution in [2.24, 2.45) is 0 Å². The lowest BCUT2D eigenvalue weighted by molar-refractivity contribution is -0.140. The molecule has 3 heterocycles. The molecule has 226 valence electrons. The summed E-state index contributed by atoms with van der Waals surface area (Å²) in [6.07, 6.45) is 7.14. The van der Waals surface area contributed by atoms with E-state index in [4.69, 9.17) is 4.74 Å². The molecule has 1 aliphatic rings. The first kappa shape index (κ1) is 29.8. The maximum Gasteiger partial charge on any atom is 0.322 e. The molecule has 44 heavy (non-hydrogen) atoms. The van der Waals surface area contributed by atoms with Gasteiger partial charge in [-0.25, -0.2) is 8.42 Å². The van der Waals surface area contributed by atoms with Gasteiger partial charge in [-0.1, -0.05) is 86.1 Å². The summed E-state index contributed by atoms with van der Waals surface area (Å²) in [6, 6.07) is 29.6. The zero-order valence-electron chi connectivity index (χ0n) is 24.7. The summed E-state index contributed by atoms with van der Waals surface area (Å²) in [6.45, 7) is 2.49. The molecule has 7 nitrogen and oxygen atoms in total. The van der Waals surface area contributed by atoms with Crippen LogP contribution in [0.3, 0.4) is 0 Å². The average molecular weight is 609 g/mol. The van der Waals surface area contributed by atoms with E-state index in [1.807, 2.05) is 36.4 Å². The van der Waals surface area contributed by atoms with E-state index in [0.29, 0.717) is 6.61 Å². The highest BCUT2D eigenvalue weighted by atomic mass is 32.2. The van der Waals surface area contributed by atoms with Gasteiger partial charge in [0.05, 0.1) is 17.6 Å². The van der Waals surface area contributed by atoms with Crippen LogP contribution in [-0.2, 0) is 32.6 Å². The van der Waals surface area contributed by atoms with Gasteiger partial charge in [-0.2, -0.15) is 4.31 Å². The van der Waals surface area contributed by atoms with Crippen molar-refractivity contribution in [1.29, 1.82) is 0 Å². The molecule has 0 amide bonds. The molecule has 2 unspecified atom stereocenters. The van der Waals surface area contributed by atoms with Crippen LogP contribution in [0.15, 0.2) is 114 Å². The van der Waals surface area contributed by atoms with E-state index in [1.165, 1.54) is 16.6 Å². The highest BCUT2D eigenvalue weighted by Gasteiger charge is 2.44. The third-order valence-electron chi connectivity index (χ3n) is 8.39. The largest absolute Gasteiger partial charge is 0.480 e. The maximum absolute atomic E-state index is 13.6. The number of hydrogen-bond acceptors (Lipinski definition) is 4. The zero-order valence-corrected chi connectivity index (χ0v) is 25.5. The van der Waals surface area contributed by atoms with Gasteiger partial charge < -0.3 is 14.2 Å². The molecule has 5 aromatic rings. The van der Waals surface area contributed by atoms with E-state index in [-0.39, 0.29) is 17.9 Å². The number of sulfonamides is 1. The van der Waals surface area contributed by atoms with Gasteiger partial charge in [0, 0.05) is 36.4 Å². The first-order chi connectivity index (χ1) is 21.3. The minimum absolute atomic E-state index is 0.00931. The Morgan fingerprint density at radius 2 is 1.55 bits per heavy atom. The number of aryl methyl sites for hydroxylation is 1. The van der Waals surface area contributed by atoms with Crippen molar-refractivity contribution >= 4 is 21.5 Å². The number of aliphatic carboxylic acids is 1. The van der Waals surface area contributed by atoms with Crippen molar-refractivity contribution in [3.8, 4) is 22.3 Å². The lowest BCUT2D eigenvalue weighted by atomic mass is 9.97. The van der Waals surface area contributed by atoms with Gasteiger partial charge in [-0.15, -0.1) is 0 Å². The number of carboxylic acids is 1. The Balaban J connectivity index is 1.19. The van der Waals surface area contributed by atoms with Gasteiger partial charge in [0.15, 0.2) is 0 Å². The van der Waals surface area contributed by atoms with Crippen molar-refractivity contribution in [2.45, 2.75) is 56.3 Å². The highest BCUT2D eigenvalue weighted by molar-refractivity contribution is 7.89. The number of pyridine rings is 1. The van der Waals surface area contributed by atoms with Crippen LogP contribution in [0.5, 0.6) is 0 Å². The normalized spacial score (nSPS) is 17.3. The smallest absolute Gasteiger partial charge is 0.322 e. The van der Waals surface area contributed by atoms with Gasteiger partial charge in [-0.05, 0) is 64.9 Å². The molecular formula is C36H36N2O5S. The summed E-state index contributed by atoms with van der Waals surface area (Å²) in [7, 11) is -4.05. The fourth-order valence-corrected chi connectivity index (χ4v) is 7.63. The number of unbranched alkanes of at least 4 members (excludes halogenated alkanes) is 1. The van der Waals surface area contributed by atoms with Crippen LogP contribution in [0.4, 0.5) is 0 Å². The zero-order chi connectivity index (χ0) is 30.7. The SMILES string of the molecule is CCCCc1c(-c2ccc(-c3ccc(S(=O)(=O)N4CC(OCc5ccccc5)CC4C(=O)O)cc3)cc2)cn2ccccc12. The molecule has 1 saturated heterocycles. The molecule has 0 aliphatic carbocycles. The first-order valence-electron chi connectivity index (χ1n) is 15.0. The van der Waals surface area contributed by atoms with E-state index in [1.54, 1.807) is 24.3 Å². The second-order valence-electron chi connectivity index (χ2n) is 11.3. The van der Waals surface area contributed by atoms with Gasteiger partial charge >= 0.3 is 5.97 Å². The molecular weight excluding hydrogens is 572 g/mol. The quantitative estimate of drug-likeness (QED) is 0.174. The molecule has 0 saturated carbocycles. The van der Waals surface area contributed by atoms with Crippen LogP contribution in [0, 0.1) is 0 Å². The molecule has 1 aliphatic heterocycles. The predicted molar refractivity (Wildman–Crippen MR) is 172 cm³/mol. The van der Waals surface area contributed by atoms with E-state index < -0.39 is 28.1 Å². The van der Waals surface area contributed by atoms with Crippen LogP contribution in [0.25, 0.3) is 27.8 Å². The molecule has 0 spiro atoms. The van der Waals surface area contributed by atoms with Crippen molar-refractivity contribution < 1.29 is 23.1 Å². The molecule has 0 bridgehead atoms. The Hall–Kier alpha value is -4.24. The molecule has 1 N–H and O–H groups in total.